The number of rotatable bonds is 13. The van der Waals surface area contributed by atoms with Crippen molar-refractivity contribution in [3.8, 4) is 0 Å². The van der Waals surface area contributed by atoms with E-state index < -0.39 is 0 Å². The van der Waals surface area contributed by atoms with Gasteiger partial charge < -0.3 is 10.2 Å². The molecule has 3 rings (SSSR count). The Hall–Kier alpha value is -2.14. The van der Waals surface area contributed by atoms with Crippen molar-refractivity contribution < 1.29 is 4.79 Å². The molecule has 6 heteroatoms. The first-order chi connectivity index (χ1) is 17.5. The fourth-order valence-corrected chi connectivity index (χ4v) is 5.20. The van der Waals surface area contributed by atoms with Crippen molar-refractivity contribution >= 4 is 36.3 Å². The lowest BCUT2D eigenvalue weighted by Crippen LogP contribution is -2.37. The summed E-state index contributed by atoms with van der Waals surface area (Å²) in [6.45, 7) is 11.1. The molecular formula is C30H47ClN4O. The third kappa shape index (κ3) is 10.9. The van der Waals surface area contributed by atoms with Crippen LogP contribution in [0.15, 0.2) is 40.6 Å². The zero-order chi connectivity index (χ0) is 26.2. The highest BCUT2D eigenvalue weighted by molar-refractivity contribution is 6.31. The Balaban J connectivity index is 0.000000346. The number of amidine groups is 1. The van der Waals surface area contributed by atoms with E-state index in [1.54, 1.807) is 18.2 Å². The molecule has 0 aromatic heterocycles. The van der Waals surface area contributed by atoms with E-state index in [2.05, 4.69) is 53.1 Å². The van der Waals surface area contributed by atoms with Gasteiger partial charge in [0.05, 0.1) is 0 Å². The summed E-state index contributed by atoms with van der Waals surface area (Å²) >= 11 is 5.79. The van der Waals surface area contributed by atoms with E-state index in [9.17, 15) is 4.79 Å². The van der Waals surface area contributed by atoms with Gasteiger partial charge in [0.2, 0.25) is 6.41 Å². The van der Waals surface area contributed by atoms with Crippen LogP contribution in [0.3, 0.4) is 0 Å². The van der Waals surface area contributed by atoms with E-state index in [1.165, 1.54) is 76.5 Å². The average molecular weight is 515 g/mol. The van der Waals surface area contributed by atoms with Gasteiger partial charge in [0.1, 0.15) is 5.84 Å². The van der Waals surface area contributed by atoms with Crippen molar-refractivity contribution in [2.24, 2.45) is 22.0 Å². The molecule has 1 amide bonds. The van der Waals surface area contributed by atoms with Gasteiger partial charge in [-0.3, -0.25) is 4.79 Å². The summed E-state index contributed by atoms with van der Waals surface area (Å²) in [5, 5.41) is 11.6. The van der Waals surface area contributed by atoms with Crippen LogP contribution < -0.4 is 5.32 Å². The Bertz CT molecular complexity index is 843. The second-order valence-corrected chi connectivity index (χ2v) is 10.6. The molecule has 0 saturated heterocycles. The normalized spacial score (nSPS) is 17.3. The predicted molar refractivity (Wildman–Crippen MR) is 156 cm³/mol. The Morgan fingerprint density at radius 3 is 2.61 bits per heavy atom. The summed E-state index contributed by atoms with van der Waals surface area (Å²) in [6, 6.07) is 6.09. The van der Waals surface area contributed by atoms with Crippen LogP contribution in [-0.2, 0) is 4.79 Å². The number of carbonyl (C=O) groups is 1. The minimum atomic E-state index is 0.638. The second-order valence-electron chi connectivity index (χ2n) is 10.2. The molecular weight excluding hydrogens is 468 g/mol. The van der Waals surface area contributed by atoms with Crippen molar-refractivity contribution in [2.45, 2.75) is 104 Å². The van der Waals surface area contributed by atoms with E-state index in [-0.39, 0.29) is 0 Å². The monoisotopic (exact) mass is 514 g/mol. The van der Waals surface area contributed by atoms with Gasteiger partial charge in [-0.15, -0.1) is 5.10 Å². The first kappa shape index (κ1) is 30.1. The maximum atomic E-state index is 10.1. The lowest BCUT2D eigenvalue weighted by molar-refractivity contribution is -0.105. The van der Waals surface area contributed by atoms with E-state index in [4.69, 9.17) is 11.6 Å². The zero-order valence-electron chi connectivity index (χ0n) is 22.7. The molecule has 1 aromatic rings. The Morgan fingerprint density at radius 1 is 1.25 bits per heavy atom. The van der Waals surface area contributed by atoms with Crippen molar-refractivity contribution in [1.82, 2.24) is 4.90 Å². The first-order valence-corrected chi connectivity index (χ1v) is 14.3. The van der Waals surface area contributed by atoms with Gasteiger partial charge in [0.15, 0.2) is 0 Å². The Morgan fingerprint density at radius 2 is 2.00 bits per heavy atom. The third-order valence-electron chi connectivity index (χ3n) is 7.50. The van der Waals surface area contributed by atoms with E-state index >= 15 is 0 Å². The lowest BCUT2D eigenvalue weighted by Gasteiger charge is -2.31. The average Bonchev–Trinajstić information content (AvgIpc) is 3.73. The standard InChI is InChI=1S/C22H39N3.C8H8ClNO/c1-4-6-8-11-19(5-2)18-25(21-15-16-21)22(24-23-3)17-14-20-12-9-7-10-13-20;1-6-7(9)3-2-4-8(6)10-5-11/h4,6,19-21H,3,5,7-18H2,1-2H3;2-5H,1H3,(H,10,11)/b6-4-,24-22-;. The van der Waals surface area contributed by atoms with Gasteiger partial charge in [0, 0.05) is 36.4 Å². The number of carbonyl (C=O) groups excluding carboxylic acids is 1. The maximum absolute atomic E-state index is 10.1. The molecule has 2 saturated carbocycles. The van der Waals surface area contributed by atoms with Crippen molar-refractivity contribution in [2.75, 3.05) is 11.9 Å². The van der Waals surface area contributed by atoms with E-state index in [1.807, 2.05) is 6.92 Å². The highest BCUT2D eigenvalue weighted by atomic mass is 35.5. The van der Waals surface area contributed by atoms with Crippen LogP contribution in [0.1, 0.15) is 96.5 Å². The number of hydrogen-bond donors (Lipinski definition) is 1. The van der Waals surface area contributed by atoms with Gasteiger partial charge in [-0.1, -0.05) is 75.3 Å². The van der Waals surface area contributed by atoms with Crippen LogP contribution in [0.5, 0.6) is 0 Å². The molecule has 0 radical (unpaired) electrons. The molecule has 1 N–H and O–H groups in total. The molecule has 0 heterocycles. The zero-order valence-corrected chi connectivity index (χ0v) is 23.5. The van der Waals surface area contributed by atoms with Crippen LogP contribution in [0.2, 0.25) is 5.02 Å². The van der Waals surface area contributed by atoms with Crippen LogP contribution in [-0.4, -0.2) is 36.4 Å². The van der Waals surface area contributed by atoms with Gasteiger partial charge in [0.25, 0.3) is 0 Å². The summed E-state index contributed by atoms with van der Waals surface area (Å²) < 4.78 is 0. The predicted octanol–water partition coefficient (Wildman–Crippen LogP) is 8.42. The molecule has 5 nitrogen and oxygen atoms in total. The maximum Gasteiger partial charge on any atom is 0.211 e. The van der Waals surface area contributed by atoms with Crippen LogP contribution in [0.4, 0.5) is 5.69 Å². The molecule has 1 atom stereocenters. The highest BCUT2D eigenvalue weighted by Crippen LogP contribution is 2.32. The van der Waals surface area contributed by atoms with Gasteiger partial charge in [-0.25, -0.2) is 0 Å². The van der Waals surface area contributed by atoms with Crippen molar-refractivity contribution in [3.05, 3.63) is 40.9 Å². The first-order valence-electron chi connectivity index (χ1n) is 13.9. The van der Waals surface area contributed by atoms with Gasteiger partial charge in [-0.05, 0) is 75.5 Å². The molecule has 36 heavy (non-hydrogen) atoms. The summed E-state index contributed by atoms with van der Waals surface area (Å²) in [6.07, 6.45) is 21.0. The van der Waals surface area contributed by atoms with Gasteiger partial charge in [-0.2, -0.15) is 5.10 Å². The lowest BCUT2D eigenvalue weighted by atomic mass is 9.86. The summed E-state index contributed by atoms with van der Waals surface area (Å²) in [5.74, 6) is 2.87. The number of anilines is 1. The molecule has 2 fully saturated rings. The molecule has 0 aliphatic heterocycles. The van der Waals surface area contributed by atoms with Gasteiger partial charge >= 0.3 is 0 Å². The number of allylic oxidation sites excluding steroid dienone is 2. The molecule has 0 bridgehead atoms. The molecule has 1 unspecified atom stereocenters. The number of nitrogens with zero attached hydrogens (tertiary/aromatic N) is 3. The summed E-state index contributed by atoms with van der Waals surface area (Å²) in [5.41, 5.74) is 1.65. The van der Waals surface area contributed by atoms with Crippen LogP contribution in [0.25, 0.3) is 0 Å². The van der Waals surface area contributed by atoms with Crippen LogP contribution >= 0.6 is 11.6 Å². The smallest absolute Gasteiger partial charge is 0.211 e. The minimum Gasteiger partial charge on any atom is -0.355 e. The number of nitrogens with one attached hydrogen (secondary N) is 1. The highest BCUT2D eigenvalue weighted by Gasteiger charge is 2.32. The number of halogens is 1. The largest absolute Gasteiger partial charge is 0.355 e. The van der Waals surface area contributed by atoms with E-state index in [0.717, 1.165) is 36.1 Å². The quantitative estimate of drug-likeness (QED) is 0.0943. The molecule has 1 aromatic carbocycles. The second kappa shape index (κ2) is 17.3. The Kier molecular flexibility index (Phi) is 14.5. The molecule has 2 aliphatic carbocycles. The summed E-state index contributed by atoms with van der Waals surface area (Å²) in [7, 11) is 0. The number of hydrogen-bond acceptors (Lipinski definition) is 3. The molecule has 0 spiro atoms. The number of amides is 1. The fraction of sp³-hybridized carbons (Fsp3) is 0.633. The third-order valence-corrected chi connectivity index (χ3v) is 7.91. The van der Waals surface area contributed by atoms with Crippen LogP contribution in [0, 0.1) is 18.8 Å². The number of benzene rings is 1. The molecule has 2 aliphatic rings. The minimum absolute atomic E-state index is 0.638. The topological polar surface area (TPSA) is 57.1 Å². The van der Waals surface area contributed by atoms with Crippen molar-refractivity contribution in [3.63, 3.8) is 0 Å². The SMILES string of the molecule is C=N/N=C(/CCC1CCCCC1)N(CC(CC)CC/C=C\C)C1CC1.Cc1c(Cl)cccc1NC=O. The molecule has 200 valence electrons. The van der Waals surface area contributed by atoms with E-state index in [0.29, 0.717) is 17.5 Å². The van der Waals surface area contributed by atoms with Crippen molar-refractivity contribution in [1.29, 1.82) is 0 Å². The Labute approximate surface area is 224 Å². The fourth-order valence-electron chi connectivity index (χ4n) is 5.02. The summed E-state index contributed by atoms with van der Waals surface area (Å²) in [4.78, 5) is 12.7.